The van der Waals surface area contributed by atoms with Gasteiger partial charge in [-0.3, -0.25) is 4.68 Å². The number of methoxy groups -OCH3 is 1. The maximum atomic E-state index is 11.5. The second-order valence-electron chi connectivity index (χ2n) is 4.23. The lowest BCUT2D eigenvalue weighted by molar-refractivity contribution is 0.158. The van der Waals surface area contributed by atoms with Crippen LogP contribution in [0.1, 0.15) is 31.5 Å². The van der Waals surface area contributed by atoms with Crippen LogP contribution in [0.25, 0.3) is 0 Å². The molecule has 2 aromatic rings. The van der Waals surface area contributed by atoms with Gasteiger partial charge in [-0.15, -0.1) is 5.10 Å². The van der Waals surface area contributed by atoms with Crippen LogP contribution in [0.2, 0.25) is 0 Å². The molecular formula is C11H16N4O3. The normalized spacial score (nSPS) is 11.3. The summed E-state index contributed by atoms with van der Waals surface area (Å²) in [4.78, 5) is 11.5. The molecule has 0 amide bonds. The number of nitrogens with zero attached hydrogens (tertiary/aromatic N) is 4. The van der Waals surface area contributed by atoms with Crippen molar-refractivity contribution in [2.75, 3.05) is 7.11 Å². The third kappa shape index (κ3) is 2.67. The molecule has 7 nitrogen and oxygen atoms in total. The highest BCUT2D eigenvalue weighted by atomic mass is 16.5. The fraction of sp³-hybridized carbons (Fsp3) is 0.545. The summed E-state index contributed by atoms with van der Waals surface area (Å²) < 4.78 is 12.8. The molecule has 2 aromatic heterocycles. The summed E-state index contributed by atoms with van der Waals surface area (Å²) in [5, 5.41) is 8.36. The van der Waals surface area contributed by atoms with Crippen LogP contribution < -0.4 is 5.76 Å². The predicted molar refractivity (Wildman–Crippen MR) is 63.2 cm³/mol. The first-order valence-corrected chi connectivity index (χ1v) is 5.70. The number of hydrogen-bond acceptors (Lipinski definition) is 5. The third-order valence-electron chi connectivity index (χ3n) is 2.42. The van der Waals surface area contributed by atoms with E-state index in [0.29, 0.717) is 6.54 Å². The smallest absolute Gasteiger partial charge is 0.390 e. The summed E-state index contributed by atoms with van der Waals surface area (Å²) in [6.45, 7) is 4.56. The fourth-order valence-electron chi connectivity index (χ4n) is 1.53. The van der Waals surface area contributed by atoms with Crippen LogP contribution in [0.3, 0.4) is 0 Å². The molecule has 2 heterocycles. The van der Waals surface area contributed by atoms with E-state index in [1.807, 2.05) is 30.8 Å². The molecule has 0 fully saturated rings. The van der Waals surface area contributed by atoms with Crippen molar-refractivity contribution in [2.45, 2.75) is 33.0 Å². The monoisotopic (exact) mass is 252 g/mol. The van der Waals surface area contributed by atoms with Gasteiger partial charge < -0.3 is 9.15 Å². The molecule has 0 unspecified atom stereocenters. The molecule has 98 valence electrons. The average molecular weight is 252 g/mol. The molecule has 0 aliphatic carbocycles. The van der Waals surface area contributed by atoms with Crippen molar-refractivity contribution in [3.8, 4) is 0 Å². The topological polar surface area (TPSA) is 75.1 Å². The Labute approximate surface area is 104 Å². The van der Waals surface area contributed by atoms with Gasteiger partial charge in [0.05, 0.1) is 12.2 Å². The van der Waals surface area contributed by atoms with Gasteiger partial charge >= 0.3 is 5.76 Å². The second kappa shape index (κ2) is 5.18. The number of ether oxygens (including phenoxy) is 1. The third-order valence-corrected chi connectivity index (χ3v) is 2.42. The Kier molecular flexibility index (Phi) is 3.61. The Bertz CT molecular complexity index is 567. The molecule has 0 aromatic carbocycles. The zero-order valence-electron chi connectivity index (χ0n) is 10.7. The zero-order valence-corrected chi connectivity index (χ0v) is 10.7. The minimum atomic E-state index is -0.499. The van der Waals surface area contributed by atoms with Crippen LogP contribution in [-0.4, -0.2) is 26.7 Å². The number of rotatable bonds is 5. The van der Waals surface area contributed by atoms with Crippen LogP contribution >= 0.6 is 0 Å². The van der Waals surface area contributed by atoms with Crippen LogP contribution in [0, 0.1) is 0 Å². The maximum Gasteiger partial charge on any atom is 0.437 e. The first-order valence-electron chi connectivity index (χ1n) is 5.70. The molecule has 7 heteroatoms. The van der Waals surface area contributed by atoms with Crippen LogP contribution in [-0.2, 0) is 17.9 Å². The Morgan fingerprint density at radius 2 is 2.22 bits per heavy atom. The van der Waals surface area contributed by atoms with Crippen molar-refractivity contribution >= 4 is 0 Å². The van der Waals surface area contributed by atoms with Crippen LogP contribution in [0.5, 0.6) is 0 Å². The zero-order chi connectivity index (χ0) is 13.1. The summed E-state index contributed by atoms with van der Waals surface area (Å²) in [6.07, 6.45) is 1.88. The highest BCUT2D eigenvalue weighted by Crippen LogP contribution is 2.05. The predicted octanol–water partition coefficient (Wildman–Crippen LogP) is 0.808. The molecule has 0 saturated carbocycles. The Hall–Kier alpha value is -1.89. The second-order valence-corrected chi connectivity index (χ2v) is 4.23. The van der Waals surface area contributed by atoms with Crippen LogP contribution in [0.15, 0.2) is 21.5 Å². The van der Waals surface area contributed by atoms with Crippen molar-refractivity contribution in [1.82, 2.24) is 19.6 Å². The maximum absolute atomic E-state index is 11.5. The standard InChI is InChI=1S/C11H16N4O3/c1-8(2)14-5-4-9(12-14)6-15-11(16)18-10(13-15)7-17-3/h4-5,8H,6-7H2,1-3H3. The van der Waals surface area contributed by atoms with Gasteiger partial charge in [-0.2, -0.15) is 9.78 Å². The van der Waals surface area contributed by atoms with Gasteiger partial charge in [0.2, 0.25) is 5.89 Å². The quantitative estimate of drug-likeness (QED) is 0.787. The summed E-state index contributed by atoms with van der Waals surface area (Å²) in [5.74, 6) is -0.230. The van der Waals surface area contributed by atoms with E-state index in [-0.39, 0.29) is 18.5 Å². The average Bonchev–Trinajstić information content (AvgIpc) is 2.88. The lowest BCUT2D eigenvalue weighted by Gasteiger charge is -2.03. The van der Waals surface area contributed by atoms with E-state index in [9.17, 15) is 4.79 Å². The van der Waals surface area contributed by atoms with Gasteiger partial charge in [-0.1, -0.05) is 0 Å². The number of hydrogen-bond donors (Lipinski definition) is 0. The SMILES string of the molecule is COCc1nn(Cc2ccn(C(C)C)n2)c(=O)o1. The molecular weight excluding hydrogens is 236 g/mol. The highest BCUT2D eigenvalue weighted by Gasteiger charge is 2.10. The molecule has 0 saturated heterocycles. The largest absolute Gasteiger partial charge is 0.437 e. The Morgan fingerprint density at radius 3 is 2.83 bits per heavy atom. The van der Waals surface area contributed by atoms with Crippen molar-refractivity contribution in [3.63, 3.8) is 0 Å². The fourth-order valence-corrected chi connectivity index (χ4v) is 1.53. The molecule has 0 aliphatic rings. The van der Waals surface area contributed by atoms with Crippen molar-refractivity contribution in [2.24, 2.45) is 0 Å². The molecule has 18 heavy (non-hydrogen) atoms. The van der Waals surface area contributed by atoms with E-state index >= 15 is 0 Å². The van der Waals surface area contributed by atoms with E-state index in [1.54, 1.807) is 0 Å². The molecule has 0 bridgehead atoms. The van der Waals surface area contributed by atoms with Gasteiger partial charge in [-0.25, -0.2) is 4.79 Å². The van der Waals surface area contributed by atoms with Crippen molar-refractivity contribution in [1.29, 1.82) is 0 Å². The summed E-state index contributed by atoms with van der Waals surface area (Å²) in [5.41, 5.74) is 0.767. The Morgan fingerprint density at radius 1 is 1.44 bits per heavy atom. The minimum absolute atomic E-state index is 0.183. The minimum Gasteiger partial charge on any atom is -0.390 e. The van der Waals surface area contributed by atoms with Gasteiger partial charge in [-0.05, 0) is 19.9 Å². The van der Waals surface area contributed by atoms with E-state index in [4.69, 9.17) is 9.15 Å². The summed E-state index contributed by atoms with van der Waals surface area (Å²) >= 11 is 0. The molecule has 0 aliphatic heterocycles. The molecule has 0 atom stereocenters. The van der Waals surface area contributed by atoms with E-state index in [0.717, 1.165) is 5.69 Å². The lowest BCUT2D eigenvalue weighted by atomic mass is 10.4. The first kappa shape index (κ1) is 12.6. The molecule has 0 radical (unpaired) electrons. The van der Waals surface area contributed by atoms with Gasteiger partial charge in [0.25, 0.3) is 0 Å². The van der Waals surface area contributed by atoms with E-state index in [1.165, 1.54) is 11.8 Å². The van der Waals surface area contributed by atoms with E-state index in [2.05, 4.69) is 10.2 Å². The van der Waals surface area contributed by atoms with Crippen LogP contribution in [0.4, 0.5) is 0 Å². The van der Waals surface area contributed by atoms with Gasteiger partial charge in [0.15, 0.2) is 0 Å². The van der Waals surface area contributed by atoms with Gasteiger partial charge in [0, 0.05) is 19.3 Å². The molecule has 0 N–H and O–H groups in total. The molecule has 0 spiro atoms. The van der Waals surface area contributed by atoms with Crippen molar-refractivity contribution in [3.05, 3.63) is 34.4 Å². The van der Waals surface area contributed by atoms with E-state index < -0.39 is 5.76 Å². The Balaban J connectivity index is 2.15. The number of aromatic nitrogens is 4. The first-order chi connectivity index (χ1) is 8.60. The molecule has 2 rings (SSSR count). The van der Waals surface area contributed by atoms with Crippen molar-refractivity contribution < 1.29 is 9.15 Å². The highest BCUT2D eigenvalue weighted by molar-refractivity contribution is 4.99. The summed E-state index contributed by atoms with van der Waals surface area (Å²) in [7, 11) is 1.52. The summed E-state index contributed by atoms with van der Waals surface area (Å²) in [6, 6.07) is 2.15. The van der Waals surface area contributed by atoms with Gasteiger partial charge in [0.1, 0.15) is 6.61 Å². The lowest BCUT2D eigenvalue weighted by Crippen LogP contribution is -2.17.